The van der Waals surface area contributed by atoms with Crippen LogP contribution < -0.4 is 14.8 Å². The van der Waals surface area contributed by atoms with Crippen molar-refractivity contribution < 1.29 is 22.7 Å². The van der Waals surface area contributed by atoms with Crippen molar-refractivity contribution in [2.24, 2.45) is 0 Å². The minimum absolute atomic E-state index is 0.122. The van der Waals surface area contributed by atoms with E-state index in [1.807, 2.05) is 7.05 Å². The summed E-state index contributed by atoms with van der Waals surface area (Å²) in [6.45, 7) is 3.19. The van der Waals surface area contributed by atoms with Crippen LogP contribution in [0.5, 0.6) is 11.5 Å². The highest BCUT2D eigenvalue weighted by molar-refractivity contribution is 7.89. The van der Waals surface area contributed by atoms with Gasteiger partial charge in [0.25, 0.3) is 5.91 Å². The highest BCUT2D eigenvalue weighted by Crippen LogP contribution is 2.32. The van der Waals surface area contributed by atoms with Crippen LogP contribution in [0.25, 0.3) is 0 Å². The summed E-state index contributed by atoms with van der Waals surface area (Å²) in [6, 6.07) is 11.3. The van der Waals surface area contributed by atoms with E-state index in [0.29, 0.717) is 56.6 Å². The van der Waals surface area contributed by atoms with Crippen molar-refractivity contribution in [2.45, 2.75) is 4.90 Å². The van der Waals surface area contributed by atoms with Crippen molar-refractivity contribution in [3.63, 3.8) is 0 Å². The van der Waals surface area contributed by atoms with E-state index in [1.54, 1.807) is 30.3 Å². The lowest BCUT2D eigenvalue weighted by Gasteiger charge is -2.31. The van der Waals surface area contributed by atoms with Gasteiger partial charge in [0.15, 0.2) is 11.5 Å². The Hall–Kier alpha value is -2.62. The lowest BCUT2D eigenvalue weighted by Crippen LogP contribution is -2.47. The second-order valence-corrected chi connectivity index (χ2v) is 8.99. The maximum absolute atomic E-state index is 12.9. The van der Waals surface area contributed by atoms with Gasteiger partial charge in [-0.05, 0) is 37.4 Å². The fourth-order valence-corrected chi connectivity index (χ4v) is 4.77. The highest BCUT2D eigenvalue weighted by atomic mass is 32.2. The van der Waals surface area contributed by atoms with Gasteiger partial charge in [-0.15, -0.1) is 0 Å². The number of rotatable bonds is 4. The molecular weight excluding hydrogens is 394 g/mol. The van der Waals surface area contributed by atoms with E-state index in [2.05, 4.69) is 10.2 Å². The first-order chi connectivity index (χ1) is 13.9. The molecule has 2 aromatic rings. The van der Waals surface area contributed by atoms with E-state index in [4.69, 9.17) is 9.47 Å². The second-order valence-electron chi connectivity index (χ2n) is 7.05. The summed E-state index contributed by atoms with van der Waals surface area (Å²) in [7, 11) is -1.67. The zero-order valence-electron chi connectivity index (χ0n) is 16.1. The monoisotopic (exact) mass is 417 g/mol. The Morgan fingerprint density at radius 3 is 2.45 bits per heavy atom. The predicted octanol–water partition coefficient (Wildman–Crippen LogP) is 1.65. The van der Waals surface area contributed by atoms with Crippen LogP contribution in [0.2, 0.25) is 0 Å². The van der Waals surface area contributed by atoms with Gasteiger partial charge in [0.05, 0.1) is 4.90 Å². The molecule has 29 heavy (non-hydrogen) atoms. The van der Waals surface area contributed by atoms with Crippen LogP contribution in [-0.2, 0) is 10.0 Å². The number of benzene rings is 2. The number of anilines is 1. The topological polar surface area (TPSA) is 88.2 Å². The van der Waals surface area contributed by atoms with Crippen LogP contribution in [0, 0.1) is 0 Å². The van der Waals surface area contributed by atoms with E-state index < -0.39 is 15.9 Å². The average molecular weight is 417 g/mol. The Morgan fingerprint density at radius 1 is 0.966 bits per heavy atom. The molecule has 154 valence electrons. The number of ether oxygens (including phenoxy) is 2. The van der Waals surface area contributed by atoms with Gasteiger partial charge >= 0.3 is 0 Å². The third-order valence-corrected chi connectivity index (χ3v) is 6.89. The van der Waals surface area contributed by atoms with Crippen molar-refractivity contribution in [3.8, 4) is 11.5 Å². The lowest BCUT2D eigenvalue weighted by atomic mass is 10.2. The van der Waals surface area contributed by atoms with E-state index in [0.717, 1.165) is 0 Å². The van der Waals surface area contributed by atoms with Gasteiger partial charge in [0, 0.05) is 43.5 Å². The van der Waals surface area contributed by atoms with Crippen LogP contribution in [-0.4, -0.2) is 70.0 Å². The molecule has 1 amide bonds. The van der Waals surface area contributed by atoms with Crippen molar-refractivity contribution in [1.29, 1.82) is 0 Å². The molecule has 0 unspecified atom stereocenters. The van der Waals surface area contributed by atoms with Crippen molar-refractivity contribution in [2.75, 3.05) is 51.8 Å². The van der Waals surface area contributed by atoms with Gasteiger partial charge in [-0.1, -0.05) is 6.07 Å². The van der Waals surface area contributed by atoms with E-state index in [9.17, 15) is 13.2 Å². The first-order valence-electron chi connectivity index (χ1n) is 9.43. The summed E-state index contributed by atoms with van der Waals surface area (Å²) in [4.78, 5) is 14.9. The Kier molecular flexibility index (Phi) is 5.44. The van der Waals surface area contributed by atoms with E-state index >= 15 is 0 Å². The molecule has 4 rings (SSSR count). The average Bonchev–Trinajstić information content (AvgIpc) is 2.74. The van der Waals surface area contributed by atoms with Gasteiger partial charge in [0.2, 0.25) is 10.0 Å². The van der Waals surface area contributed by atoms with Crippen LogP contribution in [0.1, 0.15) is 10.4 Å². The zero-order valence-corrected chi connectivity index (χ0v) is 16.9. The van der Waals surface area contributed by atoms with Gasteiger partial charge in [-0.2, -0.15) is 4.31 Å². The standard InChI is InChI=1S/C20H23N3O5S/c1-22-7-9-23(10-8-22)29(25,26)17-4-2-3-15(13-17)20(24)21-16-5-6-18-19(14-16)28-12-11-27-18/h2-6,13-14H,7-12H2,1H3,(H,21,24). The Bertz CT molecular complexity index is 1020. The minimum Gasteiger partial charge on any atom is -0.486 e. The van der Waals surface area contributed by atoms with Gasteiger partial charge in [-0.25, -0.2) is 8.42 Å². The number of hydrogen-bond donors (Lipinski definition) is 1. The van der Waals surface area contributed by atoms with Gasteiger partial charge < -0.3 is 19.7 Å². The molecule has 1 saturated heterocycles. The molecule has 0 bridgehead atoms. The fraction of sp³-hybridized carbons (Fsp3) is 0.350. The first-order valence-corrected chi connectivity index (χ1v) is 10.9. The summed E-state index contributed by atoms with van der Waals surface area (Å²) in [5.41, 5.74) is 0.821. The number of amides is 1. The SMILES string of the molecule is CN1CCN(S(=O)(=O)c2cccc(C(=O)Nc3ccc4c(c3)OCCO4)c2)CC1. The molecule has 2 heterocycles. The Morgan fingerprint density at radius 2 is 1.69 bits per heavy atom. The molecule has 0 saturated carbocycles. The summed E-state index contributed by atoms with van der Waals surface area (Å²) in [6.07, 6.45) is 0. The van der Waals surface area contributed by atoms with Crippen LogP contribution in [0.3, 0.4) is 0 Å². The molecule has 0 aliphatic carbocycles. The summed E-state index contributed by atoms with van der Waals surface area (Å²) in [5.74, 6) is 0.812. The summed E-state index contributed by atoms with van der Waals surface area (Å²) < 4.78 is 38.3. The maximum Gasteiger partial charge on any atom is 0.255 e. The predicted molar refractivity (Wildman–Crippen MR) is 108 cm³/mol. The van der Waals surface area contributed by atoms with Crippen LogP contribution in [0.15, 0.2) is 47.4 Å². The molecule has 1 N–H and O–H groups in total. The number of piperazine rings is 1. The number of likely N-dealkylation sites (N-methyl/N-ethyl adjacent to an activating group) is 1. The molecule has 0 aromatic heterocycles. The van der Waals surface area contributed by atoms with Crippen LogP contribution in [0.4, 0.5) is 5.69 Å². The number of nitrogens with zero attached hydrogens (tertiary/aromatic N) is 2. The van der Waals surface area contributed by atoms with Gasteiger partial charge in [0.1, 0.15) is 13.2 Å². The number of hydrogen-bond acceptors (Lipinski definition) is 6. The molecule has 9 heteroatoms. The Labute approximate surface area is 170 Å². The Balaban J connectivity index is 1.51. The fourth-order valence-electron chi connectivity index (χ4n) is 3.30. The second kappa shape index (κ2) is 8.02. The normalized spacial score (nSPS) is 17.7. The number of carbonyl (C=O) groups excluding carboxylic acids is 1. The van der Waals surface area contributed by atoms with Crippen molar-refractivity contribution >= 4 is 21.6 Å². The third-order valence-electron chi connectivity index (χ3n) is 5.00. The molecule has 2 aliphatic rings. The molecule has 0 spiro atoms. The maximum atomic E-state index is 12.9. The highest BCUT2D eigenvalue weighted by Gasteiger charge is 2.28. The molecule has 8 nitrogen and oxygen atoms in total. The summed E-state index contributed by atoms with van der Waals surface area (Å²) >= 11 is 0. The van der Waals surface area contributed by atoms with Crippen molar-refractivity contribution in [1.82, 2.24) is 9.21 Å². The molecule has 2 aromatic carbocycles. The minimum atomic E-state index is -3.64. The largest absolute Gasteiger partial charge is 0.486 e. The van der Waals surface area contributed by atoms with Gasteiger partial charge in [-0.3, -0.25) is 4.79 Å². The third kappa shape index (κ3) is 4.21. The number of sulfonamides is 1. The lowest BCUT2D eigenvalue weighted by molar-refractivity contribution is 0.102. The quantitative estimate of drug-likeness (QED) is 0.814. The molecule has 1 fully saturated rings. The zero-order chi connectivity index (χ0) is 20.4. The smallest absolute Gasteiger partial charge is 0.255 e. The van der Waals surface area contributed by atoms with E-state index in [1.165, 1.54) is 16.4 Å². The van der Waals surface area contributed by atoms with Crippen LogP contribution >= 0.6 is 0 Å². The first kappa shape index (κ1) is 19.7. The molecule has 2 aliphatic heterocycles. The number of nitrogens with one attached hydrogen (secondary N) is 1. The number of fused-ring (bicyclic) bond motifs is 1. The van der Waals surface area contributed by atoms with E-state index in [-0.39, 0.29) is 10.5 Å². The summed E-state index contributed by atoms with van der Waals surface area (Å²) in [5, 5.41) is 2.78. The number of carbonyl (C=O) groups is 1. The molecule has 0 radical (unpaired) electrons. The molecule has 0 atom stereocenters. The molecular formula is C20H23N3O5S. The van der Waals surface area contributed by atoms with Crippen molar-refractivity contribution in [3.05, 3.63) is 48.0 Å².